The highest BCUT2D eigenvalue weighted by Crippen LogP contribution is 1.73. The molecule has 0 atom stereocenters. The molecule has 1 radical (unpaired) electrons. The molecule has 0 saturated carbocycles. The summed E-state index contributed by atoms with van der Waals surface area (Å²) in [5.74, 6) is 0. The first-order valence-electron chi connectivity index (χ1n) is 1.63. The van der Waals surface area contributed by atoms with Crippen LogP contribution in [0.4, 0.5) is 0 Å². The third kappa shape index (κ3) is 4.43. The first kappa shape index (κ1) is 6.43. The van der Waals surface area contributed by atoms with E-state index < -0.39 is 9.76 Å². The van der Waals surface area contributed by atoms with E-state index in [2.05, 4.69) is 4.74 Å². The van der Waals surface area contributed by atoms with Gasteiger partial charge in [-0.2, -0.15) is 0 Å². The van der Waals surface area contributed by atoms with E-state index in [1.54, 1.807) is 0 Å². The molecule has 0 heterocycles. The van der Waals surface area contributed by atoms with E-state index in [0.717, 1.165) is 0 Å². The first-order chi connectivity index (χ1) is 2.91. The largest absolute Gasteiger partial charge is 0.367 e. The first-order valence-corrected chi connectivity index (χ1v) is 3.75. The molecule has 0 aliphatic heterocycles. The lowest BCUT2D eigenvalue weighted by Gasteiger charge is -1.87. The number of rotatable bonds is 3. The number of alkyl halides is 1. The van der Waals surface area contributed by atoms with Crippen molar-refractivity contribution in [2.75, 3.05) is 12.3 Å². The topological polar surface area (TPSA) is 29.1 Å². The molecule has 0 aromatic rings. The minimum Gasteiger partial charge on any atom is -0.367 e. The molecule has 0 amide bonds. The Labute approximate surface area is 44.0 Å². The molecule has 2 nitrogen and oxygen atoms in total. The molecular formula is C2H6ClO2Si. The smallest absolute Gasteiger partial charge is 0.232 e. The molecule has 4 heteroatoms. The van der Waals surface area contributed by atoms with E-state index in [9.17, 15) is 4.80 Å². The van der Waals surface area contributed by atoms with Gasteiger partial charge in [-0.3, -0.25) is 0 Å². The molecule has 6 heavy (non-hydrogen) atoms. The summed E-state index contributed by atoms with van der Waals surface area (Å²) in [6, 6.07) is 0.162. The van der Waals surface area contributed by atoms with Crippen LogP contribution in [0.2, 0.25) is 0 Å². The predicted octanol–water partition coefficient (Wildman–Crippen LogP) is -0.329. The van der Waals surface area contributed by atoms with Crippen molar-refractivity contribution in [3.05, 3.63) is 0 Å². The summed E-state index contributed by atoms with van der Waals surface area (Å²) in [5, 5.41) is 0. The van der Waals surface area contributed by atoms with Crippen LogP contribution < -0.4 is 0 Å². The van der Waals surface area contributed by atoms with Crippen molar-refractivity contribution in [1.29, 1.82) is 0 Å². The lowest BCUT2D eigenvalue weighted by Crippen LogP contribution is -1.98. The van der Waals surface area contributed by atoms with E-state index in [1.165, 1.54) is 0 Å². The molecule has 0 aliphatic rings. The van der Waals surface area contributed by atoms with Crippen LogP contribution >= 0.6 is 11.6 Å². The second kappa shape index (κ2) is 5.43. The molecule has 0 aromatic carbocycles. The van der Waals surface area contributed by atoms with Crippen molar-refractivity contribution in [3.63, 3.8) is 0 Å². The average Bonchev–Trinajstić information content (AvgIpc) is 1.61. The van der Waals surface area contributed by atoms with Gasteiger partial charge in [0.25, 0.3) is 0 Å². The fraction of sp³-hybridized carbons (Fsp3) is 1.00. The van der Waals surface area contributed by atoms with Gasteiger partial charge in [-0.25, -0.2) is 0 Å². The van der Waals surface area contributed by atoms with E-state index in [1.807, 2.05) is 0 Å². The molecule has 0 aliphatic carbocycles. The predicted molar refractivity (Wildman–Crippen MR) is 25.9 cm³/mol. The number of halogens is 1. The summed E-state index contributed by atoms with van der Waals surface area (Å²) in [6.07, 6.45) is 0.365. The Morgan fingerprint density at radius 3 is 2.67 bits per heavy atom. The summed E-state index contributed by atoms with van der Waals surface area (Å²) in [4.78, 5) is 9.64. The molecular weight excluding hydrogens is 120 g/mol. The van der Waals surface area contributed by atoms with Gasteiger partial charge >= 0.3 is 0 Å². The maximum absolute atomic E-state index is 9.64. The second-order valence-corrected chi connectivity index (χ2v) is 1.76. The normalized spacial score (nSPS) is 11.0. The van der Waals surface area contributed by atoms with Crippen LogP contribution in [0.5, 0.6) is 0 Å². The van der Waals surface area contributed by atoms with Crippen molar-refractivity contribution in [2.45, 2.75) is 0 Å². The highest BCUT2D eigenvalue weighted by Gasteiger charge is 1.79. The van der Waals surface area contributed by atoms with Crippen LogP contribution in [0.3, 0.4) is 0 Å². The van der Waals surface area contributed by atoms with Crippen molar-refractivity contribution in [2.24, 2.45) is 0 Å². The van der Waals surface area contributed by atoms with Gasteiger partial charge < -0.3 is 9.53 Å². The highest BCUT2D eigenvalue weighted by molar-refractivity contribution is 6.24. The lowest BCUT2D eigenvalue weighted by molar-refractivity contribution is 0.216. The third-order valence-corrected chi connectivity index (χ3v) is 0.914. The van der Waals surface area contributed by atoms with Crippen molar-refractivity contribution < 1.29 is 9.53 Å². The number of hydrogen-bond acceptors (Lipinski definition) is 1. The van der Waals surface area contributed by atoms with Gasteiger partial charge in [0.2, 0.25) is 9.76 Å². The molecule has 0 saturated heterocycles. The minimum atomic E-state index is -1.15. The fourth-order valence-electron chi connectivity index (χ4n) is 0.113. The summed E-state index contributed by atoms with van der Waals surface area (Å²) < 4.78 is 4.50. The van der Waals surface area contributed by atoms with Crippen molar-refractivity contribution >= 4 is 21.4 Å². The van der Waals surface area contributed by atoms with Crippen molar-refractivity contribution in [3.8, 4) is 0 Å². The Morgan fingerprint density at radius 1 is 1.83 bits per heavy atom. The van der Waals surface area contributed by atoms with Crippen LogP contribution in [-0.4, -0.2) is 22.1 Å². The molecule has 0 unspecified atom stereocenters. The summed E-state index contributed by atoms with van der Waals surface area (Å²) in [5.41, 5.74) is 0. The standard InChI is InChI=1S/C2H6ClO2Si/c3-1-5-2-6-4/h1-2,6H2. The Hall–Kier alpha value is 0.427. The van der Waals surface area contributed by atoms with E-state index >= 15 is 0 Å². The molecule has 0 N–H and O–H groups in total. The SMILES string of the molecule is [O][SiH2]COCCl. The quantitative estimate of drug-likeness (QED) is 0.289. The average molecular weight is 126 g/mol. The molecule has 37 valence electrons. The number of hydrogen-bond donors (Lipinski definition) is 0. The Bertz CT molecular complexity index is 23.5. The summed E-state index contributed by atoms with van der Waals surface area (Å²) in [7, 11) is -1.15. The Morgan fingerprint density at radius 2 is 2.50 bits per heavy atom. The van der Waals surface area contributed by atoms with Crippen molar-refractivity contribution in [1.82, 2.24) is 0 Å². The van der Waals surface area contributed by atoms with Crippen LogP contribution in [-0.2, 0) is 9.53 Å². The fourth-order valence-corrected chi connectivity index (χ4v) is 0.668. The zero-order valence-corrected chi connectivity index (χ0v) is 5.49. The monoisotopic (exact) mass is 125 g/mol. The minimum absolute atomic E-state index is 0.162. The van der Waals surface area contributed by atoms with E-state index in [0.29, 0.717) is 6.23 Å². The van der Waals surface area contributed by atoms with E-state index in [-0.39, 0.29) is 6.07 Å². The van der Waals surface area contributed by atoms with Gasteiger partial charge in [0.05, 0.1) is 6.23 Å². The van der Waals surface area contributed by atoms with Gasteiger partial charge in [-0.15, -0.1) is 0 Å². The van der Waals surface area contributed by atoms with Crippen LogP contribution in [0, 0.1) is 0 Å². The zero-order valence-electron chi connectivity index (χ0n) is 3.32. The van der Waals surface area contributed by atoms with Gasteiger partial charge in [-0.1, -0.05) is 11.6 Å². The summed E-state index contributed by atoms with van der Waals surface area (Å²) >= 11 is 5.04. The number of ether oxygens (including phenoxy) is 1. The van der Waals surface area contributed by atoms with Gasteiger partial charge in [0.1, 0.15) is 6.07 Å². The molecule has 0 rings (SSSR count). The van der Waals surface area contributed by atoms with Gasteiger partial charge in [-0.05, 0) is 0 Å². The van der Waals surface area contributed by atoms with E-state index in [4.69, 9.17) is 11.6 Å². The Balaban J connectivity index is 2.34. The maximum atomic E-state index is 9.64. The lowest BCUT2D eigenvalue weighted by atomic mass is 11.5. The molecule has 0 spiro atoms. The third-order valence-electron chi connectivity index (χ3n) is 0.305. The van der Waals surface area contributed by atoms with Gasteiger partial charge in [0, 0.05) is 0 Å². The highest BCUT2D eigenvalue weighted by atomic mass is 35.5. The molecule has 0 aromatic heterocycles. The van der Waals surface area contributed by atoms with Crippen LogP contribution in [0.25, 0.3) is 0 Å². The zero-order chi connectivity index (χ0) is 4.83. The maximum Gasteiger partial charge on any atom is 0.232 e. The Kier molecular flexibility index (Phi) is 5.81. The van der Waals surface area contributed by atoms with Crippen LogP contribution in [0.1, 0.15) is 0 Å². The second-order valence-electron chi connectivity index (χ2n) is 0.721. The molecule has 0 bridgehead atoms. The van der Waals surface area contributed by atoms with Gasteiger partial charge in [0.15, 0.2) is 0 Å². The molecule has 0 fully saturated rings. The summed E-state index contributed by atoms with van der Waals surface area (Å²) in [6.45, 7) is 0. The van der Waals surface area contributed by atoms with Crippen LogP contribution in [0.15, 0.2) is 0 Å².